The zero-order valence-corrected chi connectivity index (χ0v) is 19.5. The van der Waals surface area contributed by atoms with Gasteiger partial charge in [-0.05, 0) is 61.2 Å². The van der Waals surface area contributed by atoms with Gasteiger partial charge in [0.1, 0.15) is 18.8 Å². The van der Waals surface area contributed by atoms with E-state index in [4.69, 9.17) is 4.74 Å². The van der Waals surface area contributed by atoms with E-state index in [0.717, 1.165) is 17.8 Å². The molecule has 1 saturated carbocycles. The number of alkyl halides is 3. The molecule has 1 heterocycles. The summed E-state index contributed by atoms with van der Waals surface area (Å²) < 4.78 is 45.3. The molecule has 8 nitrogen and oxygen atoms in total. The number of hydrogen-bond acceptors (Lipinski definition) is 6. The minimum Gasteiger partial charge on any atom is -0.382 e. The lowest BCUT2D eigenvalue weighted by atomic mass is 9.92. The van der Waals surface area contributed by atoms with Crippen LogP contribution in [-0.4, -0.2) is 55.1 Å². The Bertz CT molecular complexity index is 1090. The number of amides is 2. The van der Waals surface area contributed by atoms with Gasteiger partial charge in [-0.3, -0.25) is 9.59 Å². The fourth-order valence-electron chi connectivity index (χ4n) is 4.59. The topological polar surface area (TPSA) is 91.3 Å². The first-order valence-corrected chi connectivity index (χ1v) is 11.8. The number of halogens is 3. The van der Waals surface area contributed by atoms with Crippen LogP contribution in [0.1, 0.15) is 31.2 Å². The summed E-state index contributed by atoms with van der Waals surface area (Å²) in [5, 5.41) is 5.55. The number of benzene rings is 2. The maximum Gasteiger partial charge on any atom is 0.418 e. The molecule has 11 heteroatoms. The number of nitrogens with one attached hydrogen (secondary N) is 1. The summed E-state index contributed by atoms with van der Waals surface area (Å²) in [5.41, 5.74) is -0.630. The van der Waals surface area contributed by atoms with Crippen molar-refractivity contribution >= 4 is 28.9 Å². The number of nitrogens with zero attached hydrogens (tertiary/aromatic N) is 3. The molecule has 2 aromatic rings. The van der Waals surface area contributed by atoms with Gasteiger partial charge in [0, 0.05) is 30.5 Å². The molecule has 2 aromatic carbocycles. The summed E-state index contributed by atoms with van der Waals surface area (Å²) in [6.07, 6.45) is -2.21. The Labute approximate surface area is 206 Å². The minimum absolute atomic E-state index is 0.00603. The summed E-state index contributed by atoms with van der Waals surface area (Å²) in [6.45, 7) is 0.742. The van der Waals surface area contributed by atoms with Crippen molar-refractivity contribution in [3.8, 4) is 0 Å². The van der Waals surface area contributed by atoms with Gasteiger partial charge in [-0.1, -0.05) is 18.2 Å². The van der Waals surface area contributed by atoms with Crippen LogP contribution in [0.25, 0.3) is 0 Å². The van der Waals surface area contributed by atoms with Crippen LogP contribution in [0.4, 0.5) is 30.2 Å². The van der Waals surface area contributed by atoms with Crippen molar-refractivity contribution in [1.29, 1.82) is 0 Å². The fourth-order valence-corrected chi connectivity index (χ4v) is 4.59. The van der Waals surface area contributed by atoms with Gasteiger partial charge in [-0.15, -0.1) is 4.91 Å². The standard InChI is InChI=1S/C25H27F3N4O4/c26-25(27,28)21-14-18(8-11-22(21)30-35)29-17-6-9-20(10-7-17)36-16-24(34)31-12-13-32(23(33)15-31)19-4-2-1-3-5-19/h1-5,8,11,14,17,20,29H,6-7,9-10,12-13,15-16H2. The molecular weight excluding hydrogens is 477 g/mol. The first-order valence-electron chi connectivity index (χ1n) is 11.8. The lowest BCUT2D eigenvalue weighted by Gasteiger charge is -2.35. The van der Waals surface area contributed by atoms with Crippen molar-refractivity contribution in [3.63, 3.8) is 0 Å². The van der Waals surface area contributed by atoms with E-state index < -0.39 is 17.4 Å². The third-order valence-electron chi connectivity index (χ3n) is 6.53. The van der Waals surface area contributed by atoms with E-state index in [1.54, 1.807) is 4.90 Å². The Balaban J connectivity index is 1.21. The van der Waals surface area contributed by atoms with Crippen molar-refractivity contribution in [2.45, 2.75) is 44.0 Å². The lowest BCUT2D eigenvalue weighted by Crippen LogP contribution is -2.53. The maximum atomic E-state index is 13.2. The molecule has 0 atom stereocenters. The number of ether oxygens (including phenoxy) is 1. The quantitative estimate of drug-likeness (QED) is 0.551. The molecule has 36 heavy (non-hydrogen) atoms. The number of anilines is 2. The SMILES string of the molecule is O=Nc1ccc(NC2CCC(OCC(=O)N3CCN(c4ccccc4)C(=O)C3)CC2)cc1C(F)(F)F. The second kappa shape index (κ2) is 11.1. The van der Waals surface area contributed by atoms with Crippen molar-refractivity contribution in [2.24, 2.45) is 5.18 Å². The van der Waals surface area contributed by atoms with E-state index in [0.29, 0.717) is 38.8 Å². The van der Waals surface area contributed by atoms with Gasteiger partial charge in [0.15, 0.2) is 0 Å². The number of rotatable bonds is 7. The van der Waals surface area contributed by atoms with Crippen LogP contribution in [0.3, 0.4) is 0 Å². The molecule has 2 aliphatic rings. The van der Waals surface area contributed by atoms with Crippen molar-refractivity contribution in [3.05, 3.63) is 59.0 Å². The first kappa shape index (κ1) is 25.6. The summed E-state index contributed by atoms with van der Waals surface area (Å²) >= 11 is 0. The van der Waals surface area contributed by atoms with E-state index in [1.165, 1.54) is 11.0 Å². The van der Waals surface area contributed by atoms with Crippen LogP contribution < -0.4 is 10.2 Å². The molecule has 0 unspecified atom stereocenters. The van der Waals surface area contributed by atoms with Gasteiger partial charge in [-0.2, -0.15) is 13.2 Å². The van der Waals surface area contributed by atoms with Gasteiger partial charge in [-0.25, -0.2) is 0 Å². The number of carbonyl (C=O) groups is 2. The molecule has 1 aliphatic heterocycles. The predicted octanol–water partition coefficient (Wildman–Crippen LogP) is 4.72. The molecule has 0 spiro atoms. The van der Waals surface area contributed by atoms with Crippen LogP contribution in [0.15, 0.2) is 53.7 Å². The smallest absolute Gasteiger partial charge is 0.382 e. The largest absolute Gasteiger partial charge is 0.418 e. The van der Waals surface area contributed by atoms with E-state index in [2.05, 4.69) is 10.5 Å². The summed E-state index contributed by atoms with van der Waals surface area (Å²) in [6, 6.07) is 12.6. The van der Waals surface area contributed by atoms with Gasteiger partial charge in [0.05, 0.1) is 11.7 Å². The highest BCUT2D eigenvalue weighted by Crippen LogP contribution is 2.38. The van der Waals surface area contributed by atoms with Gasteiger partial charge in [0.2, 0.25) is 11.8 Å². The van der Waals surface area contributed by atoms with Crippen molar-refractivity contribution in [1.82, 2.24) is 4.90 Å². The Morgan fingerprint density at radius 3 is 2.42 bits per heavy atom. The molecule has 1 saturated heterocycles. The van der Waals surface area contributed by atoms with Crippen LogP contribution in [0.2, 0.25) is 0 Å². The van der Waals surface area contributed by atoms with Crippen LogP contribution in [0, 0.1) is 4.91 Å². The second-order valence-electron chi connectivity index (χ2n) is 8.95. The molecule has 0 radical (unpaired) electrons. The van der Waals surface area contributed by atoms with Crippen LogP contribution >= 0.6 is 0 Å². The van der Waals surface area contributed by atoms with Crippen molar-refractivity contribution < 1.29 is 27.5 Å². The van der Waals surface area contributed by atoms with E-state index in [9.17, 15) is 27.7 Å². The Kier molecular flexibility index (Phi) is 7.88. The molecule has 1 N–H and O–H groups in total. The normalized spacial score (nSPS) is 20.8. The molecule has 192 valence electrons. The summed E-state index contributed by atoms with van der Waals surface area (Å²) in [5.74, 6) is -0.377. The highest BCUT2D eigenvalue weighted by atomic mass is 19.4. The van der Waals surface area contributed by atoms with E-state index >= 15 is 0 Å². The number of para-hydroxylation sites is 1. The Morgan fingerprint density at radius 1 is 1.06 bits per heavy atom. The Morgan fingerprint density at radius 2 is 1.78 bits per heavy atom. The molecule has 2 fully saturated rings. The maximum absolute atomic E-state index is 13.2. The first-order chi connectivity index (χ1) is 17.2. The number of carbonyl (C=O) groups excluding carboxylic acids is 2. The zero-order chi connectivity index (χ0) is 25.7. The summed E-state index contributed by atoms with van der Waals surface area (Å²) in [4.78, 5) is 39.0. The Hall–Kier alpha value is -3.47. The second-order valence-corrected chi connectivity index (χ2v) is 8.95. The monoisotopic (exact) mass is 504 g/mol. The van der Waals surface area contributed by atoms with Crippen molar-refractivity contribution in [2.75, 3.05) is 36.5 Å². The zero-order valence-electron chi connectivity index (χ0n) is 19.5. The number of hydrogen-bond donors (Lipinski definition) is 1. The molecule has 4 rings (SSSR count). The average molecular weight is 505 g/mol. The van der Waals surface area contributed by atoms with E-state index in [-0.39, 0.29) is 42.8 Å². The van der Waals surface area contributed by atoms with Gasteiger partial charge >= 0.3 is 6.18 Å². The molecule has 1 aliphatic carbocycles. The number of piperazine rings is 1. The third-order valence-corrected chi connectivity index (χ3v) is 6.53. The van der Waals surface area contributed by atoms with Crippen LogP contribution in [0.5, 0.6) is 0 Å². The highest BCUT2D eigenvalue weighted by Gasteiger charge is 2.35. The molecular formula is C25H27F3N4O4. The minimum atomic E-state index is -4.67. The van der Waals surface area contributed by atoms with Gasteiger partial charge < -0.3 is 19.9 Å². The predicted molar refractivity (Wildman–Crippen MR) is 128 cm³/mol. The fraction of sp³-hybridized carbons (Fsp3) is 0.440. The third kappa shape index (κ3) is 6.20. The summed E-state index contributed by atoms with van der Waals surface area (Å²) in [7, 11) is 0. The highest BCUT2D eigenvalue weighted by molar-refractivity contribution is 5.98. The molecule has 0 bridgehead atoms. The lowest BCUT2D eigenvalue weighted by molar-refractivity contribution is -0.142. The number of nitroso groups, excluding NO2 is 1. The average Bonchev–Trinajstić information content (AvgIpc) is 2.88. The molecule has 0 aromatic heterocycles. The van der Waals surface area contributed by atoms with Gasteiger partial charge in [0.25, 0.3) is 0 Å². The van der Waals surface area contributed by atoms with Crippen LogP contribution in [-0.2, 0) is 20.5 Å². The molecule has 2 amide bonds. The van der Waals surface area contributed by atoms with E-state index in [1.807, 2.05) is 30.3 Å².